The lowest BCUT2D eigenvalue weighted by molar-refractivity contribution is -0.145. The quantitative estimate of drug-likeness (QED) is 0.678. The van der Waals surface area contributed by atoms with Gasteiger partial charge in [-0.3, -0.25) is 10.2 Å². The van der Waals surface area contributed by atoms with Crippen LogP contribution in [-0.2, 0) is 9.53 Å². The second-order valence-electron chi connectivity index (χ2n) is 5.44. The Hall–Kier alpha value is -2.95. The molecule has 3 rings (SSSR count). The van der Waals surface area contributed by atoms with E-state index < -0.39 is 17.9 Å². The van der Waals surface area contributed by atoms with E-state index in [0.29, 0.717) is 11.3 Å². The van der Waals surface area contributed by atoms with E-state index in [1.165, 1.54) is 0 Å². The van der Waals surface area contributed by atoms with Crippen molar-refractivity contribution in [1.82, 2.24) is 5.43 Å². The summed E-state index contributed by atoms with van der Waals surface area (Å²) < 4.78 is 5.13. The highest BCUT2D eigenvalue weighted by molar-refractivity contribution is 6.48. The molecule has 1 aliphatic rings. The average molecular weight is 322 g/mol. The third-order valence-electron chi connectivity index (χ3n) is 3.92. The summed E-state index contributed by atoms with van der Waals surface area (Å²) >= 11 is 0. The number of hydrogen-bond donors (Lipinski definition) is 1. The minimum absolute atomic E-state index is 0.191. The molecule has 1 N–H and O–H groups in total. The van der Waals surface area contributed by atoms with E-state index in [9.17, 15) is 9.59 Å². The number of nitrogens with zero attached hydrogens (tertiary/aromatic N) is 1. The molecule has 2 unspecified atom stereocenters. The van der Waals surface area contributed by atoms with Gasteiger partial charge in [0.05, 0.1) is 12.5 Å². The molecule has 0 saturated heterocycles. The smallest absolute Gasteiger partial charge is 0.331 e. The van der Waals surface area contributed by atoms with E-state index in [2.05, 4.69) is 10.5 Å². The third kappa shape index (κ3) is 3.06. The van der Waals surface area contributed by atoms with Crippen molar-refractivity contribution in [3.05, 3.63) is 71.8 Å². The molecule has 0 aliphatic carbocycles. The lowest BCUT2D eigenvalue weighted by Crippen LogP contribution is -2.38. The van der Waals surface area contributed by atoms with Crippen LogP contribution in [0.1, 0.15) is 28.8 Å². The molecule has 5 heteroatoms. The fourth-order valence-corrected chi connectivity index (χ4v) is 2.80. The first-order chi connectivity index (χ1) is 11.7. The van der Waals surface area contributed by atoms with Gasteiger partial charge in [0.25, 0.3) is 0 Å². The molecule has 2 atom stereocenters. The summed E-state index contributed by atoms with van der Waals surface area (Å²) in [4.78, 5) is 25.1. The highest BCUT2D eigenvalue weighted by Crippen LogP contribution is 2.28. The number of carbonyl (C=O) groups is 2. The van der Waals surface area contributed by atoms with Crippen LogP contribution in [0.2, 0.25) is 0 Å². The Balaban J connectivity index is 1.96. The van der Waals surface area contributed by atoms with Gasteiger partial charge in [-0.25, -0.2) is 4.79 Å². The van der Waals surface area contributed by atoms with Gasteiger partial charge < -0.3 is 4.74 Å². The zero-order chi connectivity index (χ0) is 16.9. The lowest BCUT2D eigenvalue weighted by Gasteiger charge is -2.19. The molecule has 0 radical (unpaired) electrons. The first-order valence-electron chi connectivity index (χ1n) is 7.86. The third-order valence-corrected chi connectivity index (χ3v) is 3.92. The molecule has 0 amide bonds. The summed E-state index contributed by atoms with van der Waals surface area (Å²) in [6.45, 7) is 2.03. The number of benzene rings is 2. The predicted molar refractivity (Wildman–Crippen MR) is 90.9 cm³/mol. The lowest BCUT2D eigenvalue weighted by atomic mass is 9.85. The molecule has 2 aromatic carbocycles. The number of carbonyl (C=O) groups excluding carboxylic acids is 2. The van der Waals surface area contributed by atoms with E-state index >= 15 is 0 Å². The predicted octanol–water partition coefficient (Wildman–Crippen LogP) is 2.54. The highest BCUT2D eigenvalue weighted by Gasteiger charge is 2.41. The molecule has 24 heavy (non-hydrogen) atoms. The summed E-state index contributed by atoms with van der Waals surface area (Å²) in [5.41, 5.74) is 4.50. The van der Waals surface area contributed by atoms with Crippen molar-refractivity contribution in [3.8, 4) is 0 Å². The molecule has 0 fully saturated rings. The van der Waals surface area contributed by atoms with Gasteiger partial charge in [0.2, 0.25) is 5.78 Å². The van der Waals surface area contributed by atoms with Crippen LogP contribution in [-0.4, -0.2) is 30.1 Å². The zero-order valence-corrected chi connectivity index (χ0v) is 13.3. The second kappa shape index (κ2) is 7.08. The molecule has 1 aliphatic heterocycles. The molecule has 5 nitrogen and oxygen atoms in total. The SMILES string of the molecule is CCOC(=O)C1NN=C(C(=O)c2ccccc2)C1c1ccccc1. The van der Waals surface area contributed by atoms with Gasteiger partial charge in [0.1, 0.15) is 5.71 Å². The standard InChI is InChI=1S/C19H18N2O3/c1-2-24-19(23)17-15(13-9-5-3-6-10-13)16(20-21-17)18(22)14-11-7-4-8-12-14/h3-12,15,17,21H,2H2,1H3. The van der Waals surface area contributed by atoms with Crippen molar-refractivity contribution < 1.29 is 14.3 Å². The largest absolute Gasteiger partial charge is 0.464 e. The highest BCUT2D eigenvalue weighted by atomic mass is 16.5. The number of ketones is 1. The van der Waals surface area contributed by atoms with Crippen molar-refractivity contribution >= 4 is 17.5 Å². The second-order valence-corrected chi connectivity index (χ2v) is 5.44. The van der Waals surface area contributed by atoms with Crippen molar-refractivity contribution in [1.29, 1.82) is 0 Å². The van der Waals surface area contributed by atoms with Crippen molar-refractivity contribution in [2.24, 2.45) is 5.10 Å². The van der Waals surface area contributed by atoms with Gasteiger partial charge in [0.15, 0.2) is 6.04 Å². The van der Waals surface area contributed by atoms with Gasteiger partial charge in [-0.2, -0.15) is 5.10 Å². The molecule has 0 spiro atoms. The fraction of sp³-hybridized carbons (Fsp3) is 0.211. The Bertz CT molecular complexity index is 757. The van der Waals surface area contributed by atoms with Gasteiger partial charge in [-0.15, -0.1) is 0 Å². The van der Waals surface area contributed by atoms with Crippen LogP contribution in [0.5, 0.6) is 0 Å². The van der Waals surface area contributed by atoms with Crippen LogP contribution < -0.4 is 5.43 Å². The minimum Gasteiger partial charge on any atom is -0.464 e. The van der Waals surface area contributed by atoms with Gasteiger partial charge in [-0.1, -0.05) is 60.7 Å². The van der Waals surface area contributed by atoms with Crippen LogP contribution in [0.3, 0.4) is 0 Å². The fourth-order valence-electron chi connectivity index (χ4n) is 2.80. The number of esters is 1. The van der Waals surface area contributed by atoms with Crippen LogP contribution >= 0.6 is 0 Å². The van der Waals surface area contributed by atoms with Crippen LogP contribution in [0.4, 0.5) is 0 Å². The maximum atomic E-state index is 12.8. The first kappa shape index (κ1) is 15.9. The molecular weight excluding hydrogens is 304 g/mol. The Morgan fingerprint density at radius 3 is 2.29 bits per heavy atom. The topological polar surface area (TPSA) is 67.8 Å². The van der Waals surface area contributed by atoms with Crippen molar-refractivity contribution in [2.45, 2.75) is 18.9 Å². The van der Waals surface area contributed by atoms with Crippen LogP contribution in [0, 0.1) is 0 Å². The number of ether oxygens (including phenoxy) is 1. The normalized spacial score (nSPS) is 19.3. The monoisotopic (exact) mass is 322 g/mol. The van der Waals surface area contributed by atoms with Crippen molar-refractivity contribution in [2.75, 3.05) is 6.61 Å². The number of Topliss-reactive ketones (excluding diaryl/α,β-unsaturated/α-hetero) is 1. The molecule has 1 heterocycles. The molecule has 0 bridgehead atoms. The first-order valence-corrected chi connectivity index (χ1v) is 7.86. The van der Waals surface area contributed by atoms with E-state index in [1.54, 1.807) is 31.2 Å². The Kier molecular flexibility index (Phi) is 4.70. The summed E-state index contributed by atoms with van der Waals surface area (Å²) in [6, 6.07) is 17.6. The summed E-state index contributed by atoms with van der Waals surface area (Å²) in [5, 5.41) is 4.17. The van der Waals surface area contributed by atoms with Gasteiger partial charge in [0, 0.05) is 5.56 Å². The zero-order valence-electron chi connectivity index (χ0n) is 13.3. The van der Waals surface area contributed by atoms with E-state index in [-0.39, 0.29) is 12.4 Å². The number of hydrogen-bond acceptors (Lipinski definition) is 5. The average Bonchev–Trinajstić information content (AvgIpc) is 3.08. The number of rotatable bonds is 5. The summed E-state index contributed by atoms with van der Waals surface area (Å²) in [6.07, 6.45) is 0. The van der Waals surface area contributed by atoms with Crippen LogP contribution in [0.25, 0.3) is 0 Å². The van der Waals surface area contributed by atoms with E-state index in [0.717, 1.165) is 5.56 Å². The van der Waals surface area contributed by atoms with E-state index in [4.69, 9.17) is 4.74 Å². The molecule has 0 aromatic heterocycles. The molecule has 2 aromatic rings. The van der Waals surface area contributed by atoms with Gasteiger partial charge >= 0.3 is 5.97 Å². The van der Waals surface area contributed by atoms with Crippen LogP contribution in [0.15, 0.2) is 65.8 Å². The summed E-state index contributed by atoms with van der Waals surface area (Å²) in [5.74, 6) is -1.08. The maximum Gasteiger partial charge on any atom is 0.331 e. The minimum atomic E-state index is -0.699. The summed E-state index contributed by atoms with van der Waals surface area (Å²) in [7, 11) is 0. The molecular formula is C19H18N2O3. The molecule has 0 saturated carbocycles. The Morgan fingerprint density at radius 1 is 1.04 bits per heavy atom. The van der Waals surface area contributed by atoms with Crippen molar-refractivity contribution in [3.63, 3.8) is 0 Å². The Morgan fingerprint density at radius 2 is 1.67 bits per heavy atom. The number of hydrazone groups is 1. The van der Waals surface area contributed by atoms with E-state index in [1.807, 2.05) is 36.4 Å². The maximum absolute atomic E-state index is 12.8. The van der Waals surface area contributed by atoms with Gasteiger partial charge in [-0.05, 0) is 12.5 Å². The molecule has 122 valence electrons. The Labute approximate surface area is 140 Å². The number of nitrogens with one attached hydrogen (secondary N) is 1.